The Kier molecular flexibility index (Phi) is 4.46. The molecule has 2 heterocycles. The molecule has 1 aliphatic rings. The molecule has 1 unspecified atom stereocenters. The zero-order valence-electron chi connectivity index (χ0n) is 11.8. The summed E-state index contributed by atoms with van der Waals surface area (Å²) in [6, 6.07) is 3.53. The van der Waals surface area contributed by atoms with Crippen molar-refractivity contribution in [1.82, 2.24) is 9.88 Å². The van der Waals surface area contributed by atoms with Gasteiger partial charge in [-0.25, -0.2) is 4.98 Å². The van der Waals surface area contributed by atoms with Crippen LogP contribution in [-0.2, 0) is 6.42 Å². The maximum absolute atomic E-state index is 12.5. The minimum absolute atomic E-state index is 0.0853. The van der Waals surface area contributed by atoms with Gasteiger partial charge in [-0.3, -0.25) is 4.79 Å². The Hall–Kier alpha value is -1.09. The second-order valence-electron chi connectivity index (χ2n) is 5.57. The van der Waals surface area contributed by atoms with E-state index in [1.54, 1.807) is 6.07 Å². The molecule has 0 radical (unpaired) electrons. The van der Waals surface area contributed by atoms with Crippen LogP contribution in [0.4, 0.5) is 0 Å². The minimum Gasteiger partial charge on any atom is -0.338 e. The summed E-state index contributed by atoms with van der Waals surface area (Å²) >= 11 is 5.98. The van der Waals surface area contributed by atoms with E-state index in [1.807, 2.05) is 17.9 Å². The third-order valence-corrected chi connectivity index (χ3v) is 4.10. The molecule has 1 aromatic heterocycles. The van der Waals surface area contributed by atoms with Gasteiger partial charge in [0.1, 0.15) is 5.15 Å². The lowest BCUT2D eigenvalue weighted by Gasteiger charge is -2.18. The Bertz CT molecular complexity index is 473. The van der Waals surface area contributed by atoms with Crippen LogP contribution in [0.2, 0.25) is 5.15 Å². The molecule has 0 aliphatic carbocycles. The molecule has 4 heteroatoms. The molecular formula is C15H21ClN2O. The second-order valence-corrected chi connectivity index (χ2v) is 5.95. The van der Waals surface area contributed by atoms with E-state index in [2.05, 4.69) is 18.8 Å². The van der Waals surface area contributed by atoms with Gasteiger partial charge in [-0.05, 0) is 36.8 Å². The predicted octanol–water partition coefficient (Wildman–Crippen LogP) is 3.42. The van der Waals surface area contributed by atoms with Crippen LogP contribution < -0.4 is 0 Å². The average Bonchev–Trinajstić information content (AvgIpc) is 2.86. The minimum atomic E-state index is 0.0853. The Morgan fingerprint density at radius 1 is 1.53 bits per heavy atom. The van der Waals surface area contributed by atoms with Crippen molar-refractivity contribution in [2.24, 2.45) is 11.8 Å². The standard InChI is InChI=1S/C15H21ClN2O/c1-4-13-7-12(8-14(16)17-13)15(19)18-6-5-11(9-18)10(2)3/h7-8,10-11H,4-6,9H2,1-3H3. The summed E-state index contributed by atoms with van der Waals surface area (Å²) in [5, 5.41) is 0.405. The Balaban J connectivity index is 2.14. The van der Waals surface area contributed by atoms with E-state index in [0.717, 1.165) is 31.6 Å². The fourth-order valence-electron chi connectivity index (χ4n) is 2.55. The smallest absolute Gasteiger partial charge is 0.254 e. The van der Waals surface area contributed by atoms with Gasteiger partial charge in [0.25, 0.3) is 5.91 Å². The van der Waals surface area contributed by atoms with Gasteiger partial charge in [0, 0.05) is 24.3 Å². The number of nitrogens with zero attached hydrogens (tertiary/aromatic N) is 2. The maximum Gasteiger partial charge on any atom is 0.254 e. The van der Waals surface area contributed by atoms with Gasteiger partial charge in [0.05, 0.1) is 0 Å². The number of hydrogen-bond acceptors (Lipinski definition) is 2. The number of aromatic nitrogens is 1. The molecule has 0 bridgehead atoms. The molecule has 104 valence electrons. The van der Waals surface area contributed by atoms with Gasteiger partial charge in [-0.1, -0.05) is 32.4 Å². The van der Waals surface area contributed by atoms with Crippen LogP contribution in [0.1, 0.15) is 43.2 Å². The van der Waals surface area contributed by atoms with Crippen molar-refractivity contribution in [2.45, 2.75) is 33.6 Å². The number of likely N-dealkylation sites (tertiary alicyclic amines) is 1. The number of pyridine rings is 1. The largest absolute Gasteiger partial charge is 0.338 e. The van der Waals surface area contributed by atoms with Crippen LogP contribution in [0.3, 0.4) is 0 Å². The van der Waals surface area contributed by atoms with Crippen molar-refractivity contribution in [2.75, 3.05) is 13.1 Å². The van der Waals surface area contributed by atoms with Crippen LogP contribution in [0.5, 0.6) is 0 Å². The van der Waals surface area contributed by atoms with Crippen molar-refractivity contribution in [3.63, 3.8) is 0 Å². The van der Waals surface area contributed by atoms with E-state index in [0.29, 0.717) is 22.6 Å². The zero-order chi connectivity index (χ0) is 14.0. The number of rotatable bonds is 3. The van der Waals surface area contributed by atoms with E-state index < -0.39 is 0 Å². The molecule has 1 saturated heterocycles. The number of amides is 1. The van der Waals surface area contributed by atoms with E-state index in [9.17, 15) is 4.79 Å². The zero-order valence-corrected chi connectivity index (χ0v) is 12.6. The third-order valence-electron chi connectivity index (χ3n) is 3.91. The number of carbonyl (C=O) groups excluding carboxylic acids is 1. The first-order valence-electron chi connectivity index (χ1n) is 6.97. The highest BCUT2D eigenvalue weighted by Crippen LogP contribution is 2.25. The van der Waals surface area contributed by atoms with Crippen LogP contribution in [-0.4, -0.2) is 28.9 Å². The normalized spacial score (nSPS) is 19.2. The molecule has 1 fully saturated rings. The summed E-state index contributed by atoms with van der Waals surface area (Å²) in [5.74, 6) is 1.33. The van der Waals surface area contributed by atoms with Crippen molar-refractivity contribution in [1.29, 1.82) is 0 Å². The first-order valence-corrected chi connectivity index (χ1v) is 7.34. The second kappa shape index (κ2) is 5.91. The van der Waals surface area contributed by atoms with Gasteiger partial charge in [0.2, 0.25) is 0 Å². The van der Waals surface area contributed by atoms with Gasteiger partial charge >= 0.3 is 0 Å². The Morgan fingerprint density at radius 3 is 2.84 bits per heavy atom. The van der Waals surface area contributed by atoms with Gasteiger partial charge in [-0.15, -0.1) is 0 Å². The summed E-state index contributed by atoms with van der Waals surface area (Å²) in [4.78, 5) is 18.6. The van der Waals surface area contributed by atoms with E-state index in [-0.39, 0.29) is 5.91 Å². The van der Waals surface area contributed by atoms with E-state index >= 15 is 0 Å². The SMILES string of the molecule is CCc1cc(C(=O)N2CCC(C(C)C)C2)cc(Cl)n1. The summed E-state index contributed by atoms with van der Waals surface area (Å²) in [5.41, 5.74) is 1.54. The molecule has 3 nitrogen and oxygen atoms in total. The molecule has 19 heavy (non-hydrogen) atoms. The summed E-state index contributed by atoms with van der Waals surface area (Å²) in [6.45, 7) is 8.16. The lowest BCUT2D eigenvalue weighted by molar-refractivity contribution is 0.0784. The quantitative estimate of drug-likeness (QED) is 0.795. The monoisotopic (exact) mass is 280 g/mol. The molecular weight excluding hydrogens is 260 g/mol. The van der Waals surface area contributed by atoms with Gasteiger partial charge < -0.3 is 4.90 Å². The predicted molar refractivity (Wildman–Crippen MR) is 77.5 cm³/mol. The van der Waals surface area contributed by atoms with Crippen LogP contribution in [0.25, 0.3) is 0 Å². The lowest BCUT2D eigenvalue weighted by atomic mass is 9.95. The molecule has 1 aromatic rings. The number of aryl methyl sites for hydroxylation is 1. The van der Waals surface area contributed by atoms with Gasteiger partial charge in [0.15, 0.2) is 0 Å². The average molecular weight is 281 g/mol. The molecule has 0 spiro atoms. The van der Waals surface area contributed by atoms with Crippen molar-refractivity contribution in [3.8, 4) is 0 Å². The molecule has 0 aromatic carbocycles. The molecule has 2 rings (SSSR count). The van der Waals surface area contributed by atoms with Crippen LogP contribution >= 0.6 is 11.6 Å². The van der Waals surface area contributed by atoms with Crippen molar-refractivity contribution < 1.29 is 4.79 Å². The number of hydrogen-bond donors (Lipinski definition) is 0. The Labute approximate surface area is 120 Å². The highest BCUT2D eigenvalue weighted by atomic mass is 35.5. The maximum atomic E-state index is 12.5. The summed E-state index contributed by atoms with van der Waals surface area (Å²) < 4.78 is 0. The third kappa shape index (κ3) is 3.27. The fourth-order valence-corrected chi connectivity index (χ4v) is 2.78. The molecule has 1 aliphatic heterocycles. The Morgan fingerprint density at radius 2 is 2.26 bits per heavy atom. The van der Waals surface area contributed by atoms with Crippen LogP contribution in [0, 0.1) is 11.8 Å². The first-order chi connectivity index (χ1) is 9.01. The van der Waals surface area contributed by atoms with Crippen molar-refractivity contribution in [3.05, 3.63) is 28.5 Å². The highest BCUT2D eigenvalue weighted by Gasteiger charge is 2.28. The van der Waals surface area contributed by atoms with Crippen LogP contribution in [0.15, 0.2) is 12.1 Å². The van der Waals surface area contributed by atoms with E-state index in [4.69, 9.17) is 11.6 Å². The number of carbonyl (C=O) groups is 1. The first kappa shape index (κ1) is 14.3. The van der Waals surface area contributed by atoms with Crippen molar-refractivity contribution >= 4 is 17.5 Å². The van der Waals surface area contributed by atoms with Gasteiger partial charge in [-0.2, -0.15) is 0 Å². The highest BCUT2D eigenvalue weighted by molar-refractivity contribution is 6.29. The fraction of sp³-hybridized carbons (Fsp3) is 0.600. The lowest BCUT2D eigenvalue weighted by Crippen LogP contribution is -2.29. The summed E-state index contributed by atoms with van der Waals surface area (Å²) in [7, 11) is 0. The molecule has 1 amide bonds. The topological polar surface area (TPSA) is 33.2 Å². The summed E-state index contributed by atoms with van der Waals surface area (Å²) in [6.07, 6.45) is 1.89. The molecule has 1 atom stereocenters. The molecule has 0 saturated carbocycles. The van der Waals surface area contributed by atoms with E-state index in [1.165, 1.54) is 0 Å². The molecule has 0 N–H and O–H groups in total. The number of halogens is 1.